The summed E-state index contributed by atoms with van der Waals surface area (Å²) in [7, 11) is 0. The Labute approximate surface area is 147 Å². The van der Waals surface area contributed by atoms with Gasteiger partial charge >= 0.3 is 5.97 Å². The fraction of sp³-hybridized carbons (Fsp3) is 0.500. The second kappa shape index (κ2) is 7.81. The van der Waals surface area contributed by atoms with E-state index in [-0.39, 0.29) is 12.3 Å². The summed E-state index contributed by atoms with van der Waals surface area (Å²) in [5, 5.41) is 2.68. The number of carbonyl (C=O) groups excluding carboxylic acids is 2. The van der Waals surface area contributed by atoms with Crippen molar-refractivity contribution in [3.05, 3.63) is 46.9 Å². The Kier molecular flexibility index (Phi) is 5.51. The maximum Gasteiger partial charge on any atom is 0.336 e. The van der Waals surface area contributed by atoms with Gasteiger partial charge in [-0.05, 0) is 37.3 Å². The molecule has 134 valence electrons. The summed E-state index contributed by atoms with van der Waals surface area (Å²) in [4.78, 5) is 24.6. The first-order chi connectivity index (χ1) is 12.1. The summed E-state index contributed by atoms with van der Waals surface area (Å²) >= 11 is 0. The molecule has 1 fully saturated rings. The number of hydrogen-bond donors (Lipinski definition) is 1. The molecule has 0 bridgehead atoms. The molecule has 3 rings (SSSR count). The zero-order valence-electron chi connectivity index (χ0n) is 14.5. The lowest BCUT2D eigenvalue weighted by atomic mass is 9.84. The molecule has 0 aromatic heterocycles. The van der Waals surface area contributed by atoms with Crippen LogP contribution in [-0.4, -0.2) is 18.5 Å². The molecule has 5 heteroatoms. The van der Waals surface area contributed by atoms with Gasteiger partial charge < -0.3 is 10.1 Å². The molecule has 2 aliphatic rings. The number of benzene rings is 1. The van der Waals surface area contributed by atoms with Gasteiger partial charge in [0.1, 0.15) is 5.82 Å². The number of carbonyl (C=O) groups is 2. The van der Waals surface area contributed by atoms with E-state index in [1.54, 1.807) is 25.1 Å². The van der Waals surface area contributed by atoms with Crippen molar-refractivity contribution in [2.75, 3.05) is 6.61 Å². The second-order valence-electron chi connectivity index (χ2n) is 6.97. The van der Waals surface area contributed by atoms with E-state index in [1.165, 1.54) is 25.3 Å². The van der Waals surface area contributed by atoms with Gasteiger partial charge in [0, 0.05) is 18.0 Å². The lowest BCUT2D eigenvalue weighted by Gasteiger charge is -2.28. The van der Waals surface area contributed by atoms with Crippen LogP contribution in [0.25, 0.3) is 0 Å². The van der Waals surface area contributed by atoms with Crippen LogP contribution in [0.3, 0.4) is 0 Å². The molecule has 25 heavy (non-hydrogen) atoms. The molecule has 1 aliphatic carbocycles. The van der Waals surface area contributed by atoms with Gasteiger partial charge in [-0.1, -0.05) is 37.5 Å². The summed E-state index contributed by atoms with van der Waals surface area (Å²) < 4.78 is 19.8. The van der Waals surface area contributed by atoms with Crippen molar-refractivity contribution in [3.8, 4) is 0 Å². The highest BCUT2D eigenvalue weighted by Gasteiger charge is 2.34. The minimum atomic E-state index is -0.603. The molecule has 1 amide bonds. The number of amides is 1. The lowest BCUT2D eigenvalue weighted by molar-refractivity contribution is -0.141. The third-order valence-corrected chi connectivity index (χ3v) is 5.14. The molecular formula is C20H24FNO3. The van der Waals surface area contributed by atoms with Crippen LogP contribution in [0.4, 0.5) is 4.39 Å². The van der Waals surface area contributed by atoms with Gasteiger partial charge in [0.15, 0.2) is 0 Å². The molecule has 0 spiro atoms. The Morgan fingerprint density at radius 3 is 2.68 bits per heavy atom. The molecule has 1 aliphatic heterocycles. The van der Waals surface area contributed by atoms with Crippen molar-refractivity contribution in [2.24, 2.45) is 5.92 Å². The quantitative estimate of drug-likeness (QED) is 0.844. The average molecular weight is 345 g/mol. The van der Waals surface area contributed by atoms with Crippen LogP contribution in [-0.2, 0) is 14.3 Å². The van der Waals surface area contributed by atoms with Crippen molar-refractivity contribution in [1.82, 2.24) is 5.32 Å². The summed E-state index contributed by atoms with van der Waals surface area (Å²) in [5.41, 5.74) is 1.18. The SMILES string of the molecule is CC1=C(C(=O)OCC2CCCCC2)[C@H](c2ccccc2F)CC(=O)N1. The van der Waals surface area contributed by atoms with E-state index in [0.29, 0.717) is 29.4 Å². The third kappa shape index (κ3) is 4.09. The predicted octanol–water partition coefficient (Wildman–Crippen LogP) is 3.83. The molecule has 1 heterocycles. The number of nitrogens with one attached hydrogen (secondary N) is 1. The first kappa shape index (κ1) is 17.6. The van der Waals surface area contributed by atoms with E-state index < -0.39 is 17.7 Å². The van der Waals surface area contributed by atoms with Crippen LogP contribution in [0, 0.1) is 11.7 Å². The van der Waals surface area contributed by atoms with E-state index in [1.807, 2.05) is 0 Å². The molecule has 0 unspecified atom stereocenters. The summed E-state index contributed by atoms with van der Waals surface area (Å²) in [5.74, 6) is -1.27. The van der Waals surface area contributed by atoms with Crippen LogP contribution in [0.2, 0.25) is 0 Å². The highest BCUT2D eigenvalue weighted by molar-refractivity contribution is 5.95. The molecular weight excluding hydrogens is 321 g/mol. The maximum atomic E-state index is 14.2. The van der Waals surface area contributed by atoms with Crippen LogP contribution in [0.5, 0.6) is 0 Å². The standard InChI is InChI=1S/C20H24FNO3/c1-13-19(20(24)25-12-14-7-3-2-4-8-14)16(11-18(23)22-13)15-9-5-6-10-17(15)21/h5-6,9-10,14,16H,2-4,7-8,11-12H2,1H3,(H,22,23)/t16-/m0/s1. The van der Waals surface area contributed by atoms with Crippen LogP contribution >= 0.6 is 0 Å². The number of halogens is 1. The second-order valence-corrected chi connectivity index (χ2v) is 6.97. The number of esters is 1. The topological polar surface area (TPSA) is 55.4 Å². The summed E-state index contributed by atoms with van der Waals surface area (Å²) in [6, 6.07) is 6.28. The van der Waals surface area contributed by atoms with Gasteiger partial charge in [-0.2, -0.15) is 0 Å². The summed E-state index contributed by atoms with van der Waals surface area (Å²) in [6.45, 7) is 2.07. The van der Waals surface area contributed by atoms with Crippen molar-refractivity contribution in [2.45, 2.75) is 51.4 Å². The lowest BCUT2D eigenvalue weighted by Crippen LogP contribution is -2.35. The number of ether oxygens (including phenoxy) is 1. The molecule has 1 atom stereocenters. The monoisotopic (exact) mass is 345 g/mol. The molecule has 4 nitrogen and oxygen atoms in total. The molecule has 1 aromatic rings. The van der Waals surface area contributed by atoms with Crippen LogP contribution < -0.4 is 5.32 Å². The Morgan fingerprint density at radius 2 is 1.96 bits per heavy atom. The predicted molar refractivity (Wildman–Crippen MR) is 92.1 cm³/mol. The van der Waals surface area contributed by atoms with Gasteiger partial charge in [0.2, 0.25) is 5.91 Å². The fourth-order valence-electron chi connectivity index (χ4n) is 3.82. The third-order valence-electron chi connectivity index (χ3n) is 5.14. The first-order valence-electron chi connectivity index (χ1n) is 8.98. The molecule has 0 radical (unpaired) electrons. The fourth-order valence-corrected chi connectivity index (χ4v) is 3.82. The van der Waals surface area contributed by atoms with Crippen molar-refractivity contribution in [1.29, 1.82) is 0 Å². The van der Waals surface area contributed by atoms with E-state index >= 15 is 0 Å². The average Bonchev–Trinajstić information content (AvgIpc) is 2.60. The van der Waals surface area contributed by atoms with Crippen molar-refractivity contribution < 1.29 is 18.7 Å². The van der Waals surface area contributed by atoms with E-state index in [2.05, 4.69) is 5.32 Å². The van der Waals surface area contributed by atoms with Crippen LogP contribution in [0.1, 0.15) is 56.9 Å². The molecule has 1 saturated carbocycles. The Hall–Kier alpha value is -2.17. The number of rotatable bonds is 4. The van der Waals surface area contributed by atoms with Gasteiger partial charge in [-0.3, -0.25) is 4.79 Å². The smallest absolute Gasteiger partial charge is 0.336 e. The Bertz CT molecular complexity index is 692. The minimum absolute atomic E-state index is 0.0478. The highest BCUT2D eigenvalue weighted by Crippen LogP contribution is 2.35. The number of allylic oxidation sites excluding steroid dienone is 1. The van der Waals surface area contributed by atoms with Gasteiger partial charge in [0.25, 0.3) is 0 Å². The molecule has 1 N–H and O–H groups in total. The van der Waals surface area contributed by atoms with Gasteiger partial charge in [0.05, 0.1) is 12.2 Å². The summed E-state index contributed by atoms with van der Waals surface area (Å²) in [6.07, 6.45) is 5.81. The Morgan fingerprint density at radius 1 is 1.24 bits per heavy atom. The minimum Gasteiger partial charge on any atom is -0.462 e. The van der Waals surface area contributed by atoms with Gasteiger partial charge in [-0.25, -0.2) is 9.18 Å². The maximum absolute atomic E-state index is 14.2. The van der Waals surface area contributed by atoms with Crippen molar-refractivity contribution in [3.63, 3.8) is 0 Å². The van der Waals surface area contributed by atoms with E-state index in [4.69, 9.17) is 4.74 Å². The van der Waals surface area contributed by atoms with E-state index in [0.717, 1.165) is 12.8 Å². The zero-order valence-corrected chi connectivity index (χ0v) is 14.5. The largest absolute Gasteiger partial charge is 0.462 e. The zero-order chi connectivity index (χ0) is 17.8. The molecule has 0 saturated heterocycles. The molecule has 1 aromatic carbocycles. The van der Waals surface area contributed by atoms with Crippen LogP contribution in [0.15, 0.2) is 35.5 Å². The van der Waals surface area contributed by atoms with Gasteiger partial charge in [-0.15, -0.1) is 0 Å². The highest BCUT2D eigenvalue weighted by atomic mass is 19.1. The Balaban J connectivity index is 1.79. The number of hydrogen-bond acceptors (Lipinski definition) is 3. The van der Waals surface area contributed by atoms with Crippen molar-refractivity contribution >= 4 is 11.9 Å². The van der Waals surface area contributed by atoms with E-state index in [9.17, 15) is 14.0 Å². The first-order valence-corrected chi connectivity index (χ1v) is 8.98. The normalized spacial score (nSPS) is 21.8.